The molecule has 2 aromatic carbocycles. The van der Waals surface area contributed by atoms with Gasteiger partial charge in [-0.1, -0.05) is 19.1 Å². The lowest BCUT2D eigenvalue weighted by Gasteiger charge is -2.33. The van der Waals surface area contributed by atoms with E-state index in [4.69, 9.17) is 0 Å². The topological polar surface area (TPSA) is 98.8 Å². The third-order valence-corrected chi connectivity index (χ3v) is 7.96. The molecule has 1 aliphatic heterocycles. The molecule has 8 nitrogen and oxygen atoms in total. The average molecular weight is 483 g/mol. The van der Waals surface area contributed by atoms with E-state index >= 15 is 0 Å². The summed E-state index contributed by atoms with van der Waals surface area (Å²) in [6, 6.07) is 13.6. The van der Waals surface area contributed by atoms with Crippen LogP contribution in [-0.4, -0.2) is 68.2 Å². The van der Waals surface area contributed by atoms with Crippen LogP contribution >= 0.6 is 0 Å². The van der Waals surface area contributed by atoms with Crippen molar-refractivity contribution in [2.24, 2.45) is 0 Å². The van der Waals surface area contributed by atoms with E-state index in [-0.39, 0.29) is 16.7 Å². The maximum atomic E-state index is 12.9. The quantitative estimate of drug-likeness (QED) is 0.564. The van der Waals surface area contributed by atoms with Crippen molar-refractivity contribution in [2.45, 2.75) is 30.7 Å². The van der Waals surface area contributed by atoms with Crippen LogP contribution in [0.3, 0.4) is 0 Å². The molecule has 0 bridgehead atoms. The summed E-state index contributed by atoms with van der Waals surface area (Å²) in [5.41, 5.74) is 1.90. The van der Waals surface area contributed by atoms with Gasteiger partial charge in [0.2, 0.25) is 15.9 Å². The van der Waals surface area contributed by atoms with Crippen LogP contribution in [0.5, 0.6) is 0 Å². The number of likely N-dealkylation sites (N-methyl/N-ethyl adjacent to an activating group) is 1. The van der Waals surface area contributed by atoms with E-state index in [1.807, 2.05) is 0 Å². The first kappa shape index (κ1) is 24.1. The molecule has 1 saturated heterocycles. The zero-order valence-electron chi connectivity index (χ0n) is 19.2. The number of anilines is 1. The molecule has 0 unspecified atom stereocenters. The molecule has 0 atom stereocenters. The fraction of sp³-hybridized carbons (Fsp3) is 0.360. The highest BCUT2D eigenvalue weighted by atomic mass is 32.2. The number of hydrogen-bond acceptors (Lipinski definition) is 5. The SMILES string of the molecule is CCN1CCN(S(=O)(=O)c2ccc(NC(=O)/C=C/c3ccc(C(=O)NC4CC4)cc3)cc2)CC1. The van der Waals surface area contributed by atoms with E-state index in [2.05, 4.69) is 22.5 Å². The molecular weight excluding hydrogens is 452 g/mol. The van der Waals surface area contributed by atoms with Gasteiger partial charge in [-0.2, -0.15) is 4.31 Å². The number of carbonyl (C=O) groups is 2. The Hall–Kier alpha value is -3.01. The van der Waals surface area contributed by atoms with Crippen molar-refractivity contribution in [1.29, 1.82) is 0 Å². The molecule has 2 aliphatic rings. The van der Waals surface area contributed by atoms with Gasteiger partial charge in [-0.3, -0.25) is 9.59 Å². The summed E-state index contributed by atoms with van der Waals surface area (Å²) in [7, 11) is -3.55. The predicted octanol–water partition coefficient (Wildman–Crippen LogP) is 2.56. The van der Waals surface area contributed by atoms with Gasteiger partial charge in [0.15, 0.2) is 0 Å². The highest BCUT2D eigenvalue weighted by Crippen LogP contribution is 2.21. The molecule has 9 heteroatoms. The molecule has 1 saturated carbocycles. The van der Waals surface area contributed by atoms with Gasteiger partial charge < -0.3 is 15.5 Å². The van der Waals surface area contributed by atoms with Crippen molar-refractivity contribution in [3.05, 3.63) is 65.7 Å². The van der Waals surface area contributed by atoms with Gasteiger partial charge in [0, 0.05) is 49.5 Å². The number of hydrogen-bond donors (Lipinski definition) is 2. The first-order valence-electron chi connectivity index (χ1n) is 11.6. The maximum absolute atomic E-state index is 12.9. The smallest absolute Gasteiger partial charge is 0.251 e. The lowest BCUT2D eigenvalue weighted by atomic mass is 10.1. The zero-order valence-corrected chi connectivity index (χ0v) is 20.1. The van der Waals surface area contributed by atoms with Crippen molar-refractivity contribution in [2.75, 3.05) is 38.0 Å². The van der Waals surface area contributed by atoms with E-state index in [0.717, 1.165) is 38.0 Å². The zero-order chi connectivity index (χ0) is 24.1. The Bertz CT molecular complexity index is 1150. The average Bonchev–Trinajstić information content (AvgIpc) is 3.67. The van der Waals surface area contributed by atoms with Crippen LogP contribution < -0.4 is 10.6 Å². The Kier molecular flexibility index (Phi) is 7.45. The van der Waals surface area contributed by atoms with E-state index in [0.29, 0.717) is 30.4 Å². The summed E-state index contributed by atoms with van der Waals surface area (Å²) in [6.45, 7) is 5.40. The number of nitrogens with zero attached hydrogens (tertiary/aromatic N) is 2. The van der Waals surface area contributed by atoms with Crippen LogP contribution in [0, 0.1) is 0 Å². The minimum atomic E-state index is -3.55. The molecule has 0 aromatic heterocycles. The minimum Gasteiger partial charge on any atom is -0.349 e. The van der Waals surface area contributed by atoms with E-state index in [1.54, 1.807) is 42.5 Å². The molecule has 180 valence electrons. The van der Waals surface area contributed by atoms with E-state index < -0.39 is 10.0 Å². The summed E-state index contributed by atoms with van der Waals surface area (Å²) >= 11 is 0. The Labute approximate surface area is 200 Å². The lowest BCUT2D eigenvalue weighted by Crippen LogP contribution is -2.48. The van der Waals surface area contributed by atoms with Crippen molar-refractivity contribution < 1.29 is 18.0 Å². The monoisotopic (exact) mass is 482 g/mol. The number of amides is 2. The van der Waals surface area contributed by atoms with E-state index in [9.17, 15) is 18.0 Å². The van der Waals surface area contributed by atoms with Crippen molar-refractivity contribution in [3.8, 4) is 0 Å². The van der Waals surface area contributed by atoms with E-state index in [1.165, 1.54) is 22.5 Å². The normalized spacial score (nSPS) is 17.6. The molecule has 1 heterocycles. The molecule has 2 aromatic rings. The van der Waals surface area contributed by atoms with Gasteiger partial charge in [0.1, 0.15) is 0 Å². The van der Waals surface area contributed by atoms with Gasteiger partial charge in [0.05, 0.1) is 4.90 Å². The van der Waals surface area contributed by atoms with Crippen LogP contribution in [0.2, 0.25) is 0 Å². The number of nitrogens with one attached hydrogen (secondary N) is 2. The molecule has 0 spiro atoms. The van der Waals surface area contributed by atoms with Crippen LogP contribution in [0.1, 0.15) is 35.7 Å². The van der Waals surface area contributed by atoms with Crippen LogP contribution in [0.4, 0.5) is 5.69 Å². The van der Waals surface area contributed by atoms with Gasteiger partial charge >= 0.3 is 0 Å². The largest absolute Gasteiger partial charge is 0.349 e. The number of piperazine rings is 1. The fourth-order valence-electron chi connectivity index (χ4n) is 3.74. The summed E-state index contributed by atoms with van der Waals surface area (Å²) in [5.74, 6) is -0.411. The van der Waals surface area contributed by atoms with Crippen LogP contribution in [0.15, 0.2) is 59.5 Å². The molecule has 1 aliphatic carbocycles. The summed E-state index contributed by atoms with van der Waals surface area (Å²) in [6.07, 6.45) is 5.14. The molecule has 2 amide bonds. The van der Waals surface area contributed by atoms with Gasteiger partial charge in [-0.25, -0.2) is 8.42 Å². The molecule has 2 N–H and O–H groups in total. The van der Waals surface area contributed by atoms with Crippen molar-refractivity contribution in [1.82, 2.24) is 14.5 Å². The van der Waals surface area contributed by atoms with Crippen LogP contribution in [-0.2, 0) is 14.8 Å². The Morgan fingerprint density at radius 3 is 2.21 bits per heavy atom. The molecular formula is C25H30N4O4S. The number of carbonyl (C=O) groups excluding carboxylic acids is 2. The molecule has 2 fully saturated rings. The molecule has 0 radical (unpaired) electrons. The second-order valence-corrected chi connectivity index (χ2v) is 10.5. The number of sulfonamides is 1. The highest BCUT2D eigenvalue weighted by molar-refractivity contribution is 7.89. The van der Waals surface area contributed by atoms with Crippen LogP contribution in [0.25, 0.3) is 6.08 Å². The van der Waals surface area contributed by atoms with Crippen molar-refractivity contribution in [3.63, 3.8) is 0 Å². The first-order chi connectivity index (χ1) is 16.3. The standard InChI is InChI=1S/C25H30N4O4S/c1-2-28-15-17-29(18-16-28)34(32,33)23-12-10-21(11-13-23)26-24(30)14-5-19-3-6-20(7-4-19)25(31)27-22-8-9-22/h3-7,10-14,22H,2,8-9,15-18H2,1H3,(H,26,30)(H,27,31)/b14-5+. The predicted molar refractivity (Wildman–Crippen MR) is 132 cm³/mol. The molecule has 4 rings (SSSR count). The van der Waals surface area contributed by atoms with Gasteiger partial charge in [0.25, 0.3) is 5.91 Å². The number of benzene rings is 2. The summed E-state index contributed by atoms with van der Waals surface area (Å²) in [5, 5.41) is 5.68. The van der Waals surface area contributed by atoms with Crippen molar-refractivity contribution >= 4 is 33.6 Å². The Morgan fingerprint density at radius 1 is 0.971 bits per heavy atom. The van der Waals surface area contributed by atoms with Gasteiger partial charge in [-0.15, -0.1) is 0 Å². The highest BCUT2D eigenvalue weighted by Gasteiger charge is 2.28. The summed E-state index contributed by atoms with van der Waals surface area (Å²) < 4.78 is 27.3. The first-order valence-corrected chi connectivity index (χ1v) is 13.0. The third kappa shape index (κ3) is 6.11. The van der Waals surface area contributed by atoms with Gasteiger partial charge in [-0.05, 0) is 67.4 Å². The Balaban J connectivity index is 1.31. The summed E-state index contributed by atoms with van der Waals surface area (Å²) in [4.78, 5) is 26.8. The maximum Gasteiger partial charge on any atom is 0.251 e. The Morgan fingerprint density at radius 2 is 1.62 bits per heavy atom. The second kappa shape index (κ2) is 10.5. The second-order valence-electron chi connectivity index (χ2n) is 8.56. The molecule has 34 heavy (non-hydrogen) atoms. The lowest BCUT2D eigenvalue weighted by molar-refractivity contribution is -0.111. The fourth-order valence-corrected chi connectivity index (χ4v) is 5.17. The number of rotatable bonds is 8. The third-order valence-electron chi connectivity index (χ3n) is 6.05. The minimum absolute atomic E-state index is 0.0792.